The van der Waals surface area contributed by atoms with E-state index in [2.05, 4.69) is 12.2 Å². The molecule has 0 saturated carbocycles. The minimum absolute atomic E-state index is 0.0410. The molecule has 2 aliphatic heterocycles. The second-order valence-corrected chi connectivity index (χ2v) is 7.33. The number of hydrogen-bond acceptors (Lipinski definition) is 4. The van der Waals surface area contributed by atoms with Gasteiger partial charge in [0, 0.05) is 44.7 Å². The Labute approximate surface area is 133 Å². The summed E-state index contributed by atoms with van der Waals surface area (Å²) in [4.78, 5) is 28.4. The number of ether oxygens (including phenoxy) is 1. The van der Waals surface area contributed by atoms with Crippen LogP contribution < -0.4 is 5.32 Å². The van der Waals surface area contributed by atoms with Crippen molar-refractivity contribution in [2.75, 3.05) is 32.7 Å². The molecule has 2 heterocycles. The second kappa shape index (κ2) is 6.86. The van der Waals surface area contributed by atoms with Crippen LogP contribution in [0, 0.1) is 5.92 Å². The van der Waals surface area contributed by atoms with Gasteiger partial charge in [-0.3, -0.25) is 4.79 Å². The van der Waals surface area contributed by atoms with E-state index in [1.165, 1.54) is 0 Å². The Kier molecular flexibility index (Phi) is 5.32. The molecule has 6 heteroatoms. The molecule has 0 aromatic rings. The van der Waals surface area contributed by atoms with Crippen LogP contribution >= 0.6 is 0 Å². The van der Waals surface area contributed by atoms with Crippen LogP contribution in [0.4, 0.5) is 4.79 Å². The summed E-state index contributed by atoms with van der Waals surface area (Å²) in [5.41, 5.74) is -0.472. The lowest BCUT2D eigenvalue weighted by Gasteiger charge is -2.39. The number of carbonyl (C=O) groups excluding carboxylic acids is 2. The van der Waals surface area contributed by atoms with Crippen molar-refractivity contribution in [1.82, 2.24) is 15.1 Å². The maximum Gasteiger partial charge on any atom is 0.410 e. The van der Waals surface area contributed by atoms with E-state index in [1.54, 1.807) is 4.90 Å². The topological polar surface area (TPSA) is 61.9 Å². The zero-order chi connectivity index (χ0) is 16.3. The van der Waals surface area contributed by atoms with Crippen molar-refractivity contribution in [1.29, 1.82) is 0 Å². The fraction of sp³-hybridized carbons (Fsp3) is 0.875. The first-order chi connectivity index (χ1) is 10.3. The number of piperidine rings is 1. The van der Waals surface area contributed by atoms with Gasteiger partial charge in [-0.15, -0.1) is 0 Å². The lowest BCUT2D eigenvalue weighted by atomic mass is 9.94. The normalized spacial score (nSPS) is 24.3. The minimum Gasteiger partial charge on any atom is -0.444 e. The average molecular weight is 311 g/mol. The predicted octanol–water partition coefficient (Wildman–Crippen LogP) is 1.45. The van der Waals surface area contributed by atoms with Crippen molar-refractivity contribution in [3.8, 4) is 0 Å². The van der Waals surface area contributed by atoms with Crippen LogP contribution in [0.3, 0.4) is 0 Å². The molecule has 2 saturated heterocycles. The Hall–Kier alpha value is -1.30. The Balaban J connectivity index is 1.84. The van der Waals surface area contributed by atoms with E-state index in [9.17, 15) is 9.59 Å². The third kappa shape index (κ3) is 4.35. The summed E-state index contributed by atoms with van der Waals surface area (Å²) in [6.45, 7) is 11.4. The standard InChI is InChI=1S/C16H29N3O3/c1-12-11-17-7-10-19(12)14(20)13-5-8-18(9-6-13)15(21)22-16(2,3)4/h12-13,17H,5-11H2,1-4H3. The van der Waals surface area contributed by atoms with Gasteiger partial charge in [0.25, 0.3) is 0 Å². The highest BCUT2D eigenvalue weighted by Gasteiger charge is 2.33. The van der Waals surface area contributed by atoms with Crippen LogP contribution in [0.25, 0.3) is 0 Å². The summed E-state index contributed by atoms with van der Waals surface area (Å²) in [5.74, 6) is 0.289. The molecule has 0 aliphatic carbocycles. The van der Waals surface area contributed by atoms with Gasteiger partial charge in [0.15, 0.2) is 0 Å². The fourth-order valence-electron chi connectivity index (χ4n) is 3.04. The summed E-state index contributed by atoms with van der Waals surface area (Å²) >= 11 is 0. The molecule has 2 amide bonds. The van der Waals surface area contributed by atoms with E-state index < -0.39 is 5.60 Å². The van der Waals surface area contributed by atoms with E-state index >= 15 is 0 Å². The van der Waals surface area contributed by atoms with E-state index in [0.717, 1.165) is 32.5 Å². The zero-order valence-electron chi connectivity index (χ0n) is 14.2. The van der Waals surface area contributed by atoms with Gasteiger partial charge in [0.1, 0.15) is 5.60 Å². The Morgan fingerprint density at radius 3 is 2.32 bits per heavy atom. The molecule has 0 aromatic heterocycles. The van der Waals surface area contributed by atoms with E-state index in [-0.39, 0.29) is 24.0 Å². The minimum atomic E-state index is -0.472. The number of rotatable bonds is 1. The number of likely N-dealkylation sites (tertiary alicyclic amines) is 1. The number of amides is 2. The molecule has 6 nitrogen and oxygen atoms in total. The van der Waals surface area contributed by atoms with Crippen molar-refractivity contribution in [3.63, 3.8) is 0 Å². The first-order valence-corrected chi connectivity index (χ1v) is 8.27. The van der Waals surface area contributed by atoms with Gasteiger partial charge in [0.05, 0.1) is 0 Å². The predicted molar refractivity (Wildman–Crippen MR) is 84.6 cm³/mol. The third-order valence-electron chi connectivity index (χ3n) is 4.28. The van der Waals surface area contributed by atoms with Crippen molar-refractivity contribution in [3.05, 3.63) is 0 Å². The van der Waals surface area contributed by atoms with Gasteiger partial charge in [-0.25, -0.2) is 4.79 Å². The van der Waals surface area contributed by atoms with Crippen molar-refractivity contribution >= 4 is 12.0 Å². The summed E-state index contributed by atoms with van der Waals surface area (Å²) in [7, 11) is 0. The highest BCUT2D eigenvalue weighted by atomic mass is 16.6. The Morgan fingerprint density at radius 2 is 1.77 bits per heavy atom. The quantitative estimate of drug-likeness (QED) is 0.796. The lowest BCUT2D eigenvalue weighted by Crippen LogP contribution is -2.55. The van der Waals surface area contributed by atoms with Gasteiger partial charge >= 0.3 is 6.09 Å². The summed E-state index contributed by atoms with van der Waals surface area (Å²) in [5, 5.41) is 3.30. The fourth-order valence-corrected chi connectivity index (χ4v) is 3.04. The summed E-state index contributed by atoms with van der Waals surface area (Å²) in [6.07, 6.45) is 1.19. The Bertz CT molecular complexity index is 411. The highest BCUT2D eigenvalue weighted by molar-refractivity contribution is 5.80. The largest absolute Gasteiger partial charge is 0.444 e. The molecule has 2 fully saturated rings. The number of nitrogens with one attached hydrogen (secondary N) is 1. The first-order valence-electron chi connectivity index (χ1n) is 8.27. The van der Waals surface area contributed by atoms with Crippen molar-refractivity contribution in [2.45, 2.75) is 52.2 Å². The van der Waals surface area contributed by atoms with Crippen molar-refractivity contribution < 1.29 is 14.3 Å². The molecule has 2 aliphatic rings. The molecule has 1 N–H and O–H groups in total. The summed E-state index contributed by atoms with van der Waals surface area (Å²) in [6, 6.07) is 0.255. The number of piperazine rings is 1. The van der Waals surface area contributed by atoms with Crippen LogP contribution in [-0.4, -0.2) is 66.2 Å². The zero-order valence-corrected chi connectivity index (χ0v) is 14.2. The van der Waals surface area contributed by atoms with Crippen LogP contribution in [0.2, 0.25) is 0 Å². The molecule has 0 spiro atoms. The van der Waals surface area contributed by atoms with Crippen LogP contribution in [0.1, 0.15) is 40.5 Å². The lowest BCUT2D eigenvalue weighted by molar-refractivity contribution is -0.140. The molecule has 0 aromatic carbocycles. The van der Waals surface area contributed by atoms with E-state index in [1.807, 2.05) is 25.7 Å². The number of carbonyl (C=O) groups is 2. The van der Waals surface area contributed by atoms with E-state index in [0.29, 0.717) is 13.1 Å². The van der Waals surface area contributed by atoms with Gasteiger partial charge in [-0.05, 0) is 40.5 Å². The van der Waals surface area contributed by atoms with E-state index in [4.69, 9.17) is 4.74 Å². The van der Waals surface area contributed by atoms with Crippen LogP contribution in [0.5, 0.6) is 0 Å². The number of nitrogens with zero attached hydrogens (tertiary/aromatic N) is 2. The molecule has 1 atom stereocenters. The van der Waals surface area contributed by atoms with Crippen LogP contribution in [0.15, 0.2) is 0 Å². The number of hydrogen-bond donors (Lipinski definition) is 1. The van der Waals surface area contributed by atoms with Crippen LogP contribution in [-0.2, 0) is 9.53 Å². The highest BCUT2D eigenvalue weighted by Crippen LogP contribution is 2.22. The molecular formula is C16H29N3O3. The first kappa shape index (κ1) is 17.1. The smallest absolute Gasteiger partial charge is 0.410 e. The molecular weight excluding hydrogens is 282 g/mol. The van der Waals surface area contributed by atoms with Crippen molar-refractivity contribution in [2.24, 2.45) is 5.92 Å². The third-order valence-corrected chi connectivity index (χ3v) is 4.28. The molecule has 126 valence electrons. The maximum atomic E-state index is 12.6. The summed E-state index contributed by atoms with van der Waals surface area (Å²) < 4.78 is 5.39. The molecule has 0 radical (unpaired) electrons. The van der Waals surface area contributed by atoms with Gasteiger partial charge in [-0.1, -0.05) is 0 Å². The van der Waals surface area contributed by atoms with Gasteiger partial charge < -0.3 is 19.9 Å². The molecule has 2 rings (SSSR count). The molecule has 0 bridgehead atoms. The SMILES string of the molecule is CC1CNCCN1C(=O)C1CCN(C(=O)OC(C)(C)C)CC1. The average Bonchev–Trinajstić information content (AvgIpc) is 2.45. The van der Waals surface area contributed by atoms with Gasteiger partial charge in [0.2, 0.25) is 5.91 Å². The molecule has 1 unspecified atom stereocenters. The second-order valence-electron chi connectivity index (χ2n) is 7.33. The molecule has 22 heavy (non-hydrogen) atoms. The monoisotopic (exact) mass is 311 g/mol. The Morgan fingerprint density at radius 1 is 1.14 bits per heavy atom. The maximum absolute atomic E-state index is 12.6. The van der Waals surface area contributed by atoms with Gasteiger partial charge in [-0.2, -0.15) is 0 Å².